The molecule has 0 saturated heterocycles. The molecule has 0 spiro atoms. The van der Waals surface area contributed by atoms with Gasteiger partial charge < -0.3 is 20.4 Å². The zero-order chi connectivity index (χ0) is 22.9. The molecule has 1 unspecified atom stereocenters. The van der Waals surface area contributed by atoms with Crippen molar-refractivity contribution in [2.24, 2.45) is 5.73 Å². The third-order valence-corrected chi connectivity index (χ3v) is 6.00. The van der Waals surface area contributed by atoms with Crippen LogP contribution in [0.3, 0.4) is 0 Å². The maximum Gasteiger partial charge on any atom is 0.240 e. The van der Waals surface area contributed by atoms with Gasteiger partial charge >= 0.3 is 0 Å². The molecule has 0 bridgehead atoms. The number of nitrogens with zero attached hydrogens (tertiary/aromatic N) is 3. The number of halogens is 1. The van der Waals surface area contributed by atoms with Gasteiger partial charge in [0, 0.05) is 43.8 Å². The fourth-order valence-electron chi connectivity index (χ4n) is 4.27. The van der Waals surface area contributed by atoms with Crippen molar-refractivity contribution in [3.63, 3.8) is 0 Å². The van der Waals surface area contributed by atoms with E-state index in [-0.39, 0.29) is 18.1 Å². The van der Waals surface area contributed by atoms with Gasteiger partial charge in [-0.05, 0) is 54.3 Å². The molecule has 1 aliphatic rings. The number of nitrogens with one attached hydrogen (secondary N) is 1. The van der Waals surface area contributed by atoms with Crippen LogP contribution in [0, 0.1) is 12.7 Å². The second-order valence-corrected chi connectivity index (χ2v) is 8.30. The van der Waals surface area contributed by atoms with E-state index in [4.69, 9.17) is 10.5 Å². The van der Waals surface area contributed by atoms with E-state index in [0.717, 1.165) is 22.2 Å². The summed E-state index contributed by atoms with van der Waals surface area (Å²) in [5.41, 5.74) is 10.6. The molecule has 7 nitrogen and oxygen atoms in total. The third kappa shape index (κ3) is 4.17. The number of carbonyl (C=O) groups is 1. The Labute approximate surface area is 190 Å². The molecule has 1 aromatic carbocycles. The van der Waals surface area contributed by atoms with Gasteiger partial charge in [0.15, 0.2) is 11.6 Å². The molecule has 0 aliphatic carbocycles. The lowest BCUT2D eigenvalue weighted by Gasteiger charge is -2.30. The third-order valence-electron chi connectivity index (χ3n) is 6.00. The van der Waals surface area contributed by atoms with Crippen LogP contribution in [-0.4, -0.2) is 38.3 Å². The number of benzene rings is 1. The Bertz CT molecular complexity index is 1340. The van der Waals surface area contributed by atoms with Crippen LogP contribution in [0.4, 0.5) is 4.39 Å². The van der Waals surface area contributed by atoms with Crippen molar-refractivity contribution < 1.29 is 13.9 Å². The average Bonchev–Trinajstić information content (AvgIpc) is 3.21. The van der Waals surface area contributed by atoms with Crippen LogP contribution < -0.4 is 10.5 Å². The summed E-state index contributed by atoms with van der Waals surface area (Å²) < 4.78 is 20.7. The van der Waals surface area contributed by atoms with Crippen LogP contribution >= 0.6 is 0 Å². The number of hydrogen-bond donors (Lipinski definition) is 2. The maximum absolute atomic E-state index is 14.8. The average molecular weight is 445 g/mol. The van der Waals surface area contributed by atoms with E-state index in [0.29, 0.717) is 36.5 Å². The minimum atomic E-state index is -0.753. The summed E-state index contributed by atoms with van der Waals surface area (Å²) in [6, 6.07) is 9.48. The zero-order valence-corrected chi connectivity index (χ0v) is 18.2. The molecular formula is C25H24FN5O2. The van der Waals surface area contributed by atoms with Gasteiger partial charge in [-0.15, -0.1) is 0 Å². The Kier molecular flexibility index (Phi) is 5.51. The molecule has 33 heavy (non-hydrogen) atoms. The molecule has 0 saturated carbocycles. The van der Waals surface area contributed by atoms with E-state index >= 15 is 0 Å². The van der Waals surface area contributed by atoms with Crippen LogP contribution in [0.5, 0.6) is 11.5 Å². The molecule has 1 amide bonds. The first kappa shape index (κ1) is 21.1. The normalized spacial score (nSPS) is 14.2. The van der Waals surface area contributed by atoms with Gasteiger partial charge in [-0.1, -0.05) is 12.1 Å². The molecule has 0 fully saturated rings. The number of rotatable bonds is 5. The Hall–Kier alpha value is -3.78. The highest BCUT2D eigenvalue weighted by Crippen LogP contribution is 2.32. The Morgan fingerprint density at radius 1 is 1.24 bits per heavy atom. The predicted molar refractivity (Wildman–Crippen MR) is 122 cm³/mol. The summed E-state index contributed by atoms with van der Waals surface area (Å²) in [5.74, 6) is -0.0281. The Balaban J connectivity index is 1.27. The van der Waals surface area contributed by atoms with Gasteiger partial charge in [-0.2, -0.15) is 0 Å². The number of ether oxygens (including phenoxy) is 1. The van der Waals surface area contributed by atoms with E-state index in [1.54, 1.807) is 35.5 Å². The lowest BCUT2D eigenvalue weighted by Crippen LogP contribution is -2.46. The first-order valence-corrected chi connectivity index (χ1v) is 10.9. The van der Waals surface area contributed by atoms with Crippen LogP contribution in [-0.2, 0) is 24.2 Å². The summed E-state index contributed by atoms with van der Waals surface area (Å²) in [6.45, 7) is 3.01. The van der Waals surface area contributed by atoms with Crippen molar-refractivity contribution in [2.75, 3.05) is 6.54 Å². The van der Waals surface area contributed by atoms with Crippen molar-refractivity contribution in [3.05, 3.63) is 83.2 Å². The standard InChI is InChI=1S/C25H24FN5O2/c1-15-13-30-24-23(15)22(6-9-29-24)33-21-5-4-16(11-18(21)26)12-19(27)25(32)31-10-7-20-17(14-31)3-2-8-28-20/h2-6,8-9,11,13,19H,7,10,12,14,27H2,1H3,(H,29,30). The van der Waals surface area contributed by atoms with E-state index in [2.05, 4.69) is 15.0 Å². The van der Waals surface area contributed by atoms with Crippen LogP contribution in [0.2, 0.25) is 0 Å². The van der Waals surface area contributed by atoms with Crippen LogP contribution in [0.1, 0.15) is 22.4 Å². The number of aryl methyl sites for hydroxylation is 1. The number of aromatic nitrogens is 3. The highest BCUT2D eigenvalue weighted by atomic mass is 19.1. The molecule has 0 radical (unpaired) electrons. The van der Waals surface area contributed by atoms with Crippen molar-refractivity contribution >= 4 is 16.9 Å². The quantitative estimate of drug-likeness (QED) is 0.489. The molecule has 1 aliphatic heterocycles. The lowest BCUT2D eigenvalue weighted by molar-refractivity contribution is -0.133. The predicted octanol–water partition coefficient (Wildman–Crippen LogP) is 3.65. The van der Waals surface area contributed by atoms with Gasteiger partial charge in [0.2, 0.25) is 5.91 Å². The number of amides is 1. The summed E-state index contributed by atoms with van der Waals surface area (Å²) in [5, 5.41) is 0.812. The number of hydrogen-bond acceptors (Lipinski definition) is 5. The first-order valence-electron chi connectivity index (χ1n) is 10.9. The van der Waals surface area contributed by atoms with E-state index in [1.807, 2.05) is 25.3 Å². The summed E-state index contributed by atoms with van der Waals surface area (Å²) >= 11 is 0. The van der Waals surface area contributed by atoms with Crippen molar-refractivity contribution in [3.8, 4) is 11.5 Å². The van der Waals surface area contributed by atoms with E-state index in [1.165, 1.54) is 6.07 Å². The molecular weight excluding hydrogens is 421 g/mol. The molecule has 5 rings (SSSR count). The van der Waals surface area contributed by atoms with E-state index in [9.17, 15) is 9.18 Å². The maximum atomic E-state index is 14.8. The number of aromatic amines is 1. The fraction of sp³-hybridized carbons (Fsp3) is 0.240. The lowest BCUT2D eigenvalue weighted by atomic mass is 10.0. The van der Waals surface area contributed by atoms with Gasteiger partial charge in [0.1, 0.15) is 11.4 Å². The smallest absolute Gasteiger partial charge is 0.240 e. The second-order valence-electron chi connectivity index (χ2n) is 8.30. The molecule has 3 N–H and O–H groups in total. The first-order chi connectivity index (χ1) is 16.0. The number of nitrogens with two attached hydrogens (primary N) is 1. The van der Waals surface area contributed by atoms with Gasteiger partial charge in [0.25, 0.3) is 0 Å². The van der Waals surface area contributed by atoms with Crippen LogP contribution in [0.25, 0.3) is 11.0 Å². The van der Waals surface area contributed by atoms with Crippen LogP contribution in [0.15, 0.2) is 55.0 Å². The van der Waals surface area contributed by atoms with Gasteiger partial charge in [-0.25, -0.2) is 9.37 Å². The molecule has 8 heteroatoms. The highest BCUT2D eigenvalue weighted by Gasteiger charge is 2.26. The molecule has 3 aromatic heterocycles. The SMILES string of the molecule is Cc1c[nH]c2nccc(Oc3ccc(CC(N)C(=O)N4CCc5ncccc5C4)cc3F)c12. The number of carbonyl (C=O) groups excluding carboxylic acids is 1. The minimum absolute atomic E-state index is 0.104. The van der Waals surface area contributed by atoms with Crippen molar-refractivity contribution in [2.45, 2.75) is 32.4 Å². The number of H-pyrrole nitrogens is 1. The van der Waals surface area contributed by atoms with Gasteiger partial charge in [-0.3, -0.25) is 9.78 Å². The topological polar surface area (TPSA) is 97.1 Å². The Morgan fingerprint density at radius 3 is 2.97 bits per heavy atom. The van der Waals surface area contributed by atoms with E-state index < -0.39 is 11.9 Å². The Morgan fingerprint density at radius 2 is 2.12 bits per heavy atom. The number of fused-ring (bicyclic) bond motifs is 2. The fourth-order valence-corrected chi connectivity index (χ4v) is 4.27. The summed E-state index contributed by atoms with van der Waals surface area (Å²) in [4.78, 5) is 26.3. The monoisotopic (exact) mass is 445 g/mol. The second kappa shape index (κ2) is 8.63. The molecule has 4 heterocycles. The minimum Gasteiger partial charge on any atom is -0.453 e. The molecule has 1 atom stereocenters. The summed E-state index contributed by atoms with van der Waals surface area (Å²) in [7, 11) is 0. The highest BCUT2D eigenvalue weighted by molar-refractivity contribution is 5.86. The van der Waals surface area contributed by atoms with Crippen molar-refractivity contribution in [1.82, 2.24) is 19.9 Å². The number of pyridine rings is 2. The largest absolute Gasteiger partial charge is 0.453 e. The molecule has 4 aromatic rings. The van der Waals surface area contributed by atoms with Crippen molar-refractivity contribution in [1.29, 1.82) is 0 Å². The van der Waals surface area contributed by atoms with Gasteiger partial charge in [0.05, 0.1) is 11.4 Å². The summed E-state index contributed by atoms with van der Waals surface area (Å²) in [6.07, 6.45) is 6.15. The zero-order valence-electron chi connectivity index (χ0n) is 18.2. The molecule has 168 valence electrons.